The Morgan fingerprint density at radius 1 is 1.38 bits per heavy atom. The van der Waals surface area contributed by atoms with Crippen molar-refractivity contribution in [2.24, 2.45) is 0 Å². The van der Waals surface area contributed by atoms with Crippen molar-refractivity contribution in [1.82, 2.24) is 15.1 Å². The van der Waals surface area contributed by atoms with Gasteiger partial charge in [-0.2, -0.15) is 0 Å². The minimum atomic E-state index is -0.142. The number of nitrogens with one attached hydrogen (secondary N) is 1. The summed E-state index contributed by atoms with van der Waals surface area (Å²) in [5, 5.41) is 2.93. The van der Waals surface area contributed by atoms with E-state index < -0.39 is 0 Å². The number of carbonyl (C=O) groups is 2. The Hall–Kier alpha value is -2.08. The van der Waals surface area contributed by atoms with Crippen molar-refractivity contribution >= 4 is 11.8 Å². The number of hydrogen-bond donors (Lipinski definition) is 1. The number of rotatable bonds is 8. The van der Waals surface area contributed by atoms with Crippen LogP contribution in [0.3, 0.4) is 0 Å². The highest BCUT2D eigenvalue weighted by Gasteiger charge is 2.30. The highest BCUT2D eigenvalue weighted by Crippen LogP contribution is 2.21. The summed E-state index contributed by atoms with van der Waals surface area (Å²) in [5.41, 5.74) is 0.534. The Kier molecular flexibility index (Phi) is 6.61. The zero-order valence-corrected chi connectivity index (χ0v) is 14.7. The fraction of sp³-hybridized carbons (Fsp3) is 0.556. The molecule has 6 heteroatoms. The first-order valence-corrected chi connectivity index (χ1v) is 8.38. The van der Waals surface area contributed by atoms with Gasteiger partial charge in [-0.15, -0.1) is 0 Å². The highest BCUT2D eigenvalue weighted by molar-refractivity contribution is 5.96. The topological polar surface area (TPSA) is 61.9 Å². The molecule has 1 aromatic rings. The number of para-hydroxylation sites is 1. The van der Waals surface area contributed by atoms with E-state index in [9.17, 15) is 9.59 Å². The van der Waals surface area contributed by atoms with Crippen molar-refractivity contribution in [2.45, 2.75) is 25.3 Å². The van der Waals surface area contributed by atoms with Crippen LogP contribution in [-0.4, -0.2) is 68.5 Å². The van der Waals surface area contributed by atoms with Crippen LogP contribution >= 0.6 is 0 Å². The molecule has 0 aromatic heterocycles. The molecule has 6 nitrogen and oxygen atoms in total. The summed E-state index contributed by atoms with van der Waals surface area (Å²) >= 11 is 0. The largest absolute Gasteiger partial charge is 0.496 e. The van der Waals surface area contributed by atoms with Crippen LogP contribution in [0.1, 0.15) is 29.6 Å². The lowest BCUT2D eigenvalue weighted by Gasteiger charge is -2.26. The molecule has 1 aliphatic rings. The van der Waals surface area contributed by atoms with Crippen molar-refractivity contribution < 1.29 is 14.3 Å². The predicted octanol–water partition coefficient (Wildman–Crippen LogP) is 1.37. The number of benzene rings is 1. The van der Waals surface area contributed by atoms with Crippen LogP contribution in [0.15, 0.2) is 24.3 Å². The van der Waals surface area contributed by atoms with E-state index in [0.717, 1.165) is 25.9 Å². The molecule has 0 bridgehead atoms. The van der Waals surface area contributed by atoms with E-state index in [1.54, 1.807) is 19.2 Å². The molecule has 2 rings (SSSR count). The van der Waals surface area contributed by atoms with Crippen LogP contribution in [-0.2, 0) is 4.79 Å². The minimum Gasteiger partial charge on any atom is -0.496 e. The average molecular weight is 333 g/mol. The molecule has 1 heterocycles. The number of hydrogen-bond acceptors (Lipinski definition) is 4. The average Bonchev–Trinajstić information content (AvgIpc) is 2.92. The molecule has 1 atom stereocenters. The van der Waals surface area contributed by atoms with E-state index >= 15 is 0 Å². The number of carbonyl (C=O) groups excluding carboxylic acids is 2. The summed E-state index contributed by atoms with van der Waals surface area (Å²) in [5.74, 6) is 0.646. The third kappa shape index (κ3) is 4.71. The van der Waals surface area contributed by atoms with Crippen molar-refractivity contribution in [3.8, 4) is 5.75 Å². The lowest BCUT2D eigenvalue weighted by atomic mass is 10.1. The standard InChI is InChI=1S/C18H27N3O3/c1-20(2)12-13-21-14(8-9-17(21)22)10-11-19-18(23)15-6-4-5-7-16(15)24-3/h4-7,14H,8-13H2,1-3H3,(H,19,23). The highest BCUT2D eigenvalue weighted by atomic mass is 16.5. The van der Waals surface area contributed by atoms with Gasteiger partial charge in [0.05, 0.1) is 12.7 Å². The number of amides is 2. The maximum Gasteiger partial charge on any atom is 0.255 e. The molecule has 24 heavy (non-hydrogen) atoms. The van der Waals surface area contributed by atoms with Gasteiger partial charge in [0.1, 0.15) is 5.75 Å². The fourth-order valence-corrected chi connectivity index (χ4v) is 2.99. The smallest absolute Gasteiger partial charge is 0.255 e. The summed E-state index contributed by atoms with van der Waals surface area (Å²) in [6.07, 6.45) is 2.26. The number of ether oxygens (including phenoxy) is 1. The van der Waals surface area contributed by atoms with Crippen LogP contribution in [0.4, 0.5) is 0 Å². The van der Waals surface area contributed by atoms with E-state index in [-0.39, 0.29) is 17.9 Å². The second-order valence-electron chi connectivity index (χ2n) is 6.33. The van der Waals surface area contributed by atoms with Crippen LogP contribution in [0.5, 0.6) is 5.75 Å². The molecule has 1 N–H and O–H groups in total. The molecule has 1 aromatic carbocycles. The SMILES string of the molecule is COc1ccccc1C(=O)NCCC1CCC(=O)N1CCN(C)C. The summed E-state index contributed by atoms with van der Waals surface area (Å²) in [6, 6.07) is 7.39. The van der Waals surface area contributed by atoms with Crippen molar-refractivity contribution in [2.75, 3.05) is 40.8 Å². The van der Waals surface area contributed by atoms with E-state index in [2.05, 4.69) is 10.2 Å². The van der Waals surface area contributed by atoms with Gasteiger partial charge in [0.25, 0.3) is 5.91 Å². The first kappa shape index (κ1) is 18.3. The monoisotopic (exact) mass is 333 g/mol. The number of likely N-dealkylation sites (tertiary alicyclic amines) is 1. The molecule has 0 aliphatic carbocycles. The van der Waals surface area contributed by atoms with E-state index in [4.69, 9.17) is 4.74 Å². The van der Waals surface area contributed by atoms with E-state index in [1.807, 2.05) is 31.1 Å². The van der Waals surface area contributed by atoms with Gasteiger partial charge in [0.15, 0.2) is 0 Å². The second kappa shape index (κ2) is 8.68. The van der Waals surface area contributed by atoms with Crippen LogP contribution in [0.2, 0.25) is 0 Å². The third-order valence-electron chi connectivity index (χ3n) is 4.36. The Bertz CT molecular complexity index is 574. The van der Waals surface area contributed by atoms with Gasteiger partial charge in [-0.25, -0.2) is 0 Å². The summed E-state index contributed by atoms with van der Waals surface area (Å²) in [4.78, 5) is 28.3. The zero-order valence-electron chi connectivity index (χ0n) is 14.7. The number of likely N-dealkylation sites (N-methyl/N-ethyl adjacent to an activating group) is 1. The maximum absolute atomic E-state index is 12.3. The normalized spacial score (nSPS) is 17.4. The van der Waals surface area contributed by atoms with Gasteiger partial charge < -0.3 is 19.9 Å². The Labute approximate surface area is 143 Å². The molecule has 1 unspecified atom stereocenters. The molecule has 132 valence electrons. The van der Waals surface area contributed by atoms with E-state index in [1.165, 1.54) is 0 Å². The zero-order chi connectivity index (χ0) is 17.5. The fourth-order valence-electron chi connectivity index (χ4n) is 2.99. The third-order valence-corrected chi connectivity index (χ3v) is 4.36. The lowest BCUT2D eigenvalue weighted by molar-refractivity contribution is -0.129. The number of methoxy groups -OCH3 is 1. The van der Waals surface area contributed by atoms with Gasteiger partial charge in [0.2, 0.25) is 5.91 Å². The van der Waals surface area contributed by atoms with Gasteiger partial charge in [-0.1, -0.05) is 12.1 Å². The minimum absolute atomic E-state index is 0.142. The Balaban J connectivity index is 1.84. The molecule has 0 spiro atoms. The molecule has 2 amide bonds. The number of nitrogens with zero attached hydrogens (tertiary/aromatic N) is 2. The van der Waals surface area contributed by atoms with Crippen molar-refractivity contribution in [3.05, 3.63) is 29.8 Å². The lowest BCUT2D eigenvalue weighted by Crippen LogP contribution is -2.40. The molecule has 0 saturated carbocycles. The molecule has 1 saturated heterocycles. The Morgan fingerprint density at radius 2 is 2.12 bits per heavy atom. The van der Waals surface area contributed by atoms with Crippen LogP contribution < -0.4 is 10.1 Å². The molecular formula is C18H27N3O3. The maximum atomic E-state index is 12.3. The summed E-state index contributed by atoms with van der Waals surface area (Å²) in [7, 11) is 5.56. The first-order chi connectivity index (χ1) is 11.5. The van der Waals surface area contributed by atoms with Gasteiger partial charge in [0, 0.05) is 32.1 Å². The van der Waals surface area contributed by atoms with Gasteiger partial charge in [-0.3, -0.25) is 9.59 Å². The molecule has 0 radical (unpaired) electrons. The molecule has 1 fully saturated rings. The van der Waals surface area contributed by atoms with E-state index in [0.29, 0.717) is 24.3 Å². The van der Waals surface area contributed by atoms with Crippen LogP contribution in [0.25, 0.3) is 0 Å². The van der Waals surface area contributed by atoms with Crippen LogP contribution in [0, 0.1) is 0 Å². The first-order valence-electron chi connectivity index (χ1n) is 8.38. The summed E-state index contributed by atoms with van der Waals surface area (Å²) < 4.78 is 5.21. The second-order valence-corrected chi connectivity index (χ2v) is 6.33. The van der Waals surface area contributed by atoms with Crippen molar-refractivity contribution in [1.29, 1.82) is 0 Å². The van der Waals surface area contributed by atoms with Gasteiger partial charge in [-0.05, 0) is 39.1 Å². The predicted molar refractivity (Wildman–Crippen MR) is 93.2 cm³/mol. The summed E-state index contributed by atoms with van der Waals surface area (Å²) in [6.45, 7) is 2.15. The quantitative estimate of drug-likeness (QED) is 0.780. The van der Waals surface area contributed by atoms with Crippen molar-refractivity contribution in [3.63, 3.8) is 0 Å². The van der Waals surface area contributed by atoms with Gasteiger partial charge >= 0.3 is 0 Å². The molecule has 1 aliphatic heterocycles. The molecular weight excluding hydrogens is 306 g/mol. The Morgan fingerprint density at radius 3 is 2.83 bits per heavy atom.